The Morgan fingerprint density at radius 2 is 2.30 bits per heavy atom. The predicted octanol–water partition coefficient (Wildman–Crippen LogP) is 0.613. The van der Waals surface area contributed by atoms with Gasteiger partial charge in [-0.05, 0) is 12.8 Å². The maximum Gasteiger partial charge on any atom is 0.331 e. The highest BCUT2D eigenvalue weighted by atomic mass is 79.9. The fourth-order valence-corrected chi connectivity index (χ4v) is 2.06. The zero-order chi connectivity index (χ0) is 7.35. The molecule has 54 valence electrons. The number of carbonyl (C=O) groups excluding carboxylic acids is 2. The van der Waals surface area contributed by atoms with Crippen LogP contribution in [0.25, 0.3) is 0 Å². The van der Waals surface area contributed by atoms with Gasteiger partial charge in [0.25, 0.3) is 0 Å². The molecule has 0 bridgehead atoms. The van der Waals surface area contributed by atoms with E-state index in [2.05, 4.69) is 20.7 Å². The SMILES string of the molecule is O=C1OC(=O)C2(Br)CCC12. The molecule has 2 unspecified atom stereocenters. The first-order valence-corrected chi connectivity index (χ1v) is 3.89. The first kappa shape index (κ1) is 6.34. The molecule has 3 nitrogen and oxygen atoms in total. The molecule has 0 aromatic heterocycles. The summed E-state index contributed by atoms with van der Waals surface area (Å²) in [5.41, 5.74) is 0. The molecule has 1 saturated carbocycles. The third kappa shape index (κ3) is 0.509. The molecule has 1 heterocycles. The second-order valence-corrected chi connectivity index (χ2v) is 4.08. The van der Waals surface area contributed by atoms with E-state index < -0.39 is 10.3 Å². The minimum atomic E-state index is -0.635. The molecule has 0 aromatic rings. The average molecular weight is 205 g/mol. The van der Waals surface area contributed by atoms with E-state index in [-0.39, 0.29) is 11.9 Å². The number of hydrogen-bond donors (Lipinski definition) is 0. The van der Waals surface area contributed by atoms with Crippen molar-refractivity contribution < 1.29 is 14.3 Å². The average Bonchev–Trinajstić information content (AvgIpc) is 1.92. The van der Waals surface area contributed by atoms with E-state index in [9.17, 15) is 9.59 Å². The standard InChI is InChI=1S/C6H5BrO3/c7-6-2-1-3(6)4(8)10-5(6)9/h3H,1-2H2. The summed E-state index contributed by atoms with van der Waals surface area (Å²) in [5, 5.41) is 0. The smallest absolute Gasteiger partial charge is 0.331 e. The number of rotatable bonds is 0. The number of fused-ring (bicyclic) bond motifs is 1. The zero-order valence-electron chi connectivity index (χ0n) is 5.09. The molecule has 4 heteroatoms. The van der Waals surface area contributed by atoms with Gasteiger partial charge in [0.15, 0.2) is 0 Å². The van der Waals surface area contributed by atoms with E-state index in [1.54, 1.807) is 0 Å². The van der Waals surface area contributed by atoms with Crippen molar-refractivity contribution in [2.75, 3.05) is 0 Å². The predicted molar refractivity (Wildman–Crippen MR) is 35.5 cm³/mol. The van der Waals surface area contributed by atoms with Crippen molar-refractivity contribution in [1.29, 1.82) is 0 Å². The maximum atomic E-state index is 10.9. The van der Waals surface area contributed by atoms with E-state index in [4.69, 9.17) is 0 Å². The molecule has 1 saturated heterocycles. The monoisotopic (exact) mass is 204 g/mol. The quantitative estimate of drug-likeness (QED) is 0.330. The zero-order valence-corrected chi connectivity index (χ0v) is 6.68. The first-order valence-electron chi connectivity index (χ1n) is 3.09. The van der Waals surface area contributed by atoms with Crippen LogP contribution in [0.1, 0.15) is 12.8 Å². The summed E-state index contributed by atoms with van der Waals surface area (Å²) in [6, 6.07) is 0. The van der Waals surface area contributed by atoms with Crippen molar-refractivity contribution in [2.45, 2.75) is 17.2 Å². The number of carbonyl (C=O) groups is 2. The van der Waals surface area contributed by atoms with Crippen LogP contribution in [0.15, 0.2) is 0 Å². The van der Waals surface area contributed by atoms with Gasteiger partial charge < -0.3 is 4.74 Å². The third-order valence-electron chi connectivity index (χ3n) is 2.17. The minimum absolute atomic E-state index is 0.208. The van der Waals surface area contributed by atoms with Crippen LogP contribution in [0.3, 0.4) is 0 Å². The van der Waals surface area contributed by atoms with Crippen LogP contribution in [-0.4, -0.2) is 16.3 Å². The van der Waals surface area contributed by atoms with Crippen LogP contribution in [0.2, 0.25) is 0 Å². The second-order valence-electron chi connectivity index (χ2n) is 2.66. The summed E-state index contributed by atoms with van der Waals surface area (Å²) in [7, 11) is 0. The van der Waals surface area contributed by atoms with Gasteiger partial charge in [0.1, 0.15) is 4.32 Å². The fraction of sp³-hybridized carbons (Fsp3) is 0.667. The number of alkyl halides is 1. The molecule has 0 radical (unpaired) electrons. The van der Waals surface area contributed by atoms with Gasteiger partial charge in [-0.15, -0.1) is 0 Å². The van der Waals surface area contributed by atoms with E-state index in [1.807, 2.05) is 0 Å². The number of halogens is 1. The highest BCUT2D eigenvalue weighted by Crippen LogP contribution is 2.51. The molecule has 1 aliphatic carbocycles. The number of ether oxygens (including phenoxy) is 1. The highest BCUT2D eigenvalue weighted by molar-refractivity contribution is 9.10. The van der Waals surface area contributed by atoms with E-state index in [1.165, 1.54) is 0 Å². The number of hydrogen-bond acceptors (Lipinski definition) is 3. The molecule has 2 fully saturated rings. The van der Waals surface area contributed by atoms with Crippen LogP contribution in [0.4, 0.5) is 0 Å². The van der Waals surface area contributed by atoms with Crippen LogP contribution in [-0.2, 0) is 14.3 Å². The van der Waals surface area contributed by atoms with Gasteiger partial charge in [-0.3, -0.25) is 9.59 Å². The fourth-order valence-electron chi connectivity index (χ4n) is 1.34. The topological polar surface area (TPSA) is 43.4 Å². The summed E-state index contributed by atoms with van der Waals surface area (Å²) in [5.74, 6) is -0.984. The lowest BCUT2D eigenvalue weighted by Crippen LogP contribution is -2.43. The van der Waals surface area contributed by atoms with Gasteiger partial charge in [0.05, 0.1) is 5.92 Å². The van der Waals surface area contributed by atoms with Gasteiger partial charge >= 0.3 is 11.9 Å². The van der Waals surface area contributed by atoms with Gasteiger partial charge in [0.2, 0.25) is 0 Å². The molecule has 2 aliphatic rings. The van der Waals surface area contributed by atoms with Crippen LogP contribution < -0.4 is 0 Å². The van der Waals surface area contributed by atoms with Crippen molar-refractivity contribution in [3.8, 4) is 0 Å². The van der Waals surface area contributed by atoms with Gasteiger partial charge in [-0.25, -0.2) is 0 Å². The Labute approximate surface area is 65.9 Å². The highest BCUT2D eigenvalue weighted by Gasteiger charge is 2.62. The Kier molecular flexibility index (Phi) is 1.02. The summed E-state index contributed by atoms with van der Waals surface area (Å²) in [4.78, 5) is 21.7. The van der Waals surface area contributed by atoms with Crippen LogP contribution in [0.5, 0.6) is 0 Å². The lowest BCUT2D eigenvalue weighted by molar-refractivity contribution is -0.152. The molecule has 1 aliphatic heterocycles. The van der Waals surface area contributed by atoms with Crippen LogP contribution in [0, 0.1) is 5.92 Å². The molecule has 0 amide bonds. The summed E-state index contributed by atoms with van der Waals surface area (Å²) < 4.78 is 3.79. The largest absolute Gasteiger partial charge is 0.392 e. The Morgan fingerprint density at radius 1 is 1.60 bits per heavy atom. The van der Waals surface area contributed by atoms with Crippen molar-refractivity contribution in [3.05, 3.63) is 0 Å². The summed E-state index contributed by atoms with van der Waals surface area (Å²) in [6.07, 6.45) is 1.50. The van der Waals surface area contributed by atoms with E-state index in [0.717, 1.165) is 12.8 Å². The van der Waals surface area contributed by atoms with Crippen molar-refractivity contribution in [2.24, 2.45) is 5.92 Å². The van der Waals surface area contributed by atoms with Crippen molar-refractivity contribution >= 4 is 27.9 Å². The number of cyclic esters (lactones) is 2. The molecule has 2 atom stereocenters. The van der Waals surface area contributed by atoms with E-state index in [0.29, 0.717) is 0 Å². The van der Waals surface area contributed by atoms with Gasteiger partial charge in [0, 0.05) is 0 Å². The van der Waals surface area contributed by atoms with Crippen molar-refractivity contribution in [3.63, 3.8) is 0 Å². The molecule has 0 aromatic carbocycles. The second kappa shape index (κ2) is 1.61. The minimum Gasteiger partial charge on any atom is -0.392 e. The van der Waals surface area contributed by atoms with E-state index >= 15 is 0 Å². The Balaban J connectivity index is 2.37. The van der Waals surface area contributed by atoms with Gasteiger partial charge in [-0.1, -0.05) is 15.9 Å². The summed E-state index contributed by atoms with van der Waals surface area (Å²) in [6.45, 7) is 0. The normalized spacial score (nSPS) is 44.3. The number of esters is 2. The third-order valence-corrected chi connectivity index (χ3v) is 3.44. The Morgan fingerprint density at radius 3 is 2.50 bits per heavy atom. The molecular weight excluding hydrogens is 200 g/mol. The maximum absolute atomic E-state index is 10.9. The molecule has 0 spiro atoms. The molecule has 10 heavy (non-hydrogen) atoms. The molecular formula is C6H5BrO3. The van der Waals surface area contributed by atoms with Gasteiger partial charge in [-0.2, -0.15) is 0 Å². The Bertz CT molecular complexity index is 225. The lowest BCUT2D eigenvalue weighted by Gasteiger charge is -2.32. The van der Waals surface area contributed by atoms with Crippen molar-refractivity contribution in [1.82, 2.24) is 0 Å². The lowest BCUT2D eigenvalue weighted by atomic mass is 9.75. The first-order chi connectivity index (χ1) is 4.64. The summed E-state index contributed by atoms with van der Waals surface area (Å²) >= 11 is 3.20. The van der Waals surface area contributed by atoms with Crippen LogP contribution >= 0.6 is 15.9 Å². The molecule has 2 rings (SSSR count). The molecule has 0 N–H and O–H groups in total. The Hall–Kier alpha value is -0.380.